The molecule has 1 fully saturated rings. The van der Waals surface area contributed by atoms with Gasteiger partial charge in [0.15, 0.2) is 28.7 Å². The van der Waals surface area contributed by atoms with Gasteiger partial charge in [-0.25, -0.2) is 9.18 Å². The Morgan fingerprint density at radius 3 is 2.75 bits per heavy atom. The number of carboxylic acids is 1. The van der Waals surface area contributed by atoms with E-state index in [0.29, 0.717) is 31.5 Å². The molecule has 3 rings (SSSR count). The topological polar surface area (TPSA) is 96.0 Å². The second-order valence-electron chi connectivity index (χ2n) is 5.58. The van der Waals surface area contributed by atoms with Crippen molar-refractivity contribution >= 4 is 11.8 Å². The first-order chi connectivity index (χ1) is 11.5. The number of aromatic nitrogens is 1. The zero-order valence-electron chi connectivity index (χ0n) is 13.0. The summed E-state index contributed by atoms with van der Waals surface area (Å²) in [4.78, 5) is 13.5. The van der Waals surface area contributed by atoms with Crippen molar-refractivity contribution in [3.8, 4) is 17.1 Å². The van der Waals surface area contributed by atoms with Gasteiger partial charge in [0.2, 0.25) is 0 Å². The highest BCUT2D eigenvalue weighted by molar-refractivity contribution is 5.99. The normalized spacial score (nSPS) is 15.5. The third kappa shape index (κ3) is 2.92. The third-order valence-electron chi connectivity index (χ3n) is 4.07. The minimum atomic E-state index is -1.18. The number of carbonyl (C=O) groups is 1. The van der Waals surface area contributed by atoms with Gasteiger partial charge in [-0.1, -0.05) is 5.16 Å². The summed E-state index contributed by atoms with van der Waals surface area (Å²) in [6.07, 6.45) is 0.680. The van der Waals surface area contributed by atoms with E-state index in [9.17, 15) is 19.4 Å². The van der Waals surface area contributed by atoms with Gasteiger partial charge in [-0.3, -0.25) is 0 Å². The van der Waals surface area contributed by atoms with E-state index in [1.54, 1.807) is 4.90 Å². The predicted octanol–water partition coefficient (Wildman–Crippen LogP) is 2.15. The first kappa shape index (κ1) is 16.3. The largest absolute Gasteiger partial charge is 0.494 e. The number of methoxy groups -OCH3 is 1. The molecule has 0 radical (unpaired) electrons. The molecule has 0 amide bonds. The molecule has 24 heavy (non-hydrogen) atoms. The van der Waals surface area contributed by atoms with Crippen molar-refractivity contribution in [3.05, 3.63) is 29.6 Å². The zero-order valence-corrected chi connectivity index (χ0v) is 13.0. The van der Waals surface area contributed by atoms with Gasteiger partial charge in [0.25, 0.3) is 0 Å². The van der Waals surface area contributed by atoms with E-state index in [-0.39, 0.29) is 29.0 Å². The highest BCUT2D eigenvalue weighted by atomic mass is 19.1. The lowest BCUT2D eigenvalue weighted by Gasteiger charge is -2.29. The quantitative estimate of drug-likeness (QED) is 0.883. The van der Waals surface area contributed by atoms with Crippen LogP contribution in [0.3, 0.4) is 0 Å². The van der Waals surface area contributed by atoms with E-state index in [1.165, 1.54) is 25.3 Å². The van der Waals surface area contributed by atoms with Crippen molar-refractivity contribution in [3.63, 3.8) is 0 Å². The summed E-state index contributed by atoms with van der Waals surface area (Å²) in [6, 6.07) is 3.96. The Morgan fingerprint density at radius 1 is 1.42 bits per heavy atom. The molecule has 0 spiro atoms. The molecule has 1 aromatic carbocycles. The van der Waals surface area contributed by atoms with E-state index in [1.807, 2.05) is 0 Å². The summed E-state index contributed by atoms with van der Waals surface area (Å²) in [7, 11) is 1.32. The summed E-state index contributed by atoms with van der Waals surface area (Å²) in [5.41, 5.74) is 0.279. The molecule has 0 saturated carbocycles. The Kier molecular flexibility index (Phi) is 4.39. The van der Waals surface area contributed by atoms with Gasteiger partial charge in [-0.2, -0.15) is 0 Å². The Bertz CT molecular complexity index is 753. The molecule has 128 valence electrons. The van der Waals surface area contributed by atoms with E-state index < -0.39 is 11.8 Å². The van der Waals surface area contributed by atoms with Crippen LogP contribution in [0.2, 0.25) is 0 Å². The lowest BCUT2D eigenvalue weighted by atomic mass is 10.1. The Labute approximate surface area is 137 Å². The lowest BCUT2D eigenvalue weighted by Crippen LogP contribution is -2.36. The molecule has 1 aromatic heterocycles. The highest BCUT2D eigenvalue weighted by Gasteiger charge is 2.29. The number of ether oxygens (including phenoxy) is 1. The molecule has 0 unspecified atom stereocenters. The number of anilines is 1. The highest BCUT2D eigenvalue weighted by Crippen LogP contribution is 2.34. The number of hydrogen-bond acceptors (Lipinski definition) is 6. The second kappa shape index (κ2) is 6.48. The zero-order chi connectivity index (χ0) is 17.3. The van der Waals surface area contributed by atoms with E-state index >= 15 is 0 Å². The first-order valence-electron chi connectivity index (χ1n) is 7.51. The average Bonchev–Trinajstić information content (AvgIpc) is 3.01. The molecule has 0 atom stereocenters. The van der Waals surface area contributed by atoms with Crippen molar-refractivity contribution in [1.29, 1.82) is 0 Å². The van der Waals surface area contributed by atoms with Crippen LogP contribution in [-0.4, -0.2) is 47.6 Å². The van der Waals surface area contributed by atoms with Crippen LogP contribution in [0.1, 0.15) is 23.2 Å². The summed E-state index contributed by atoms with van der Waals surface area (Å²) in [5, 5.41) is 23.1. The van der Waals surface area contributed by atoms with Gasteiger partial charge in [0, 0.05) is 18.7 Å². The molecule has 8 heteroatoms. The van der Waals surface area contributed by atoms with Gasteiger partial charge < -0.3 is 24.4 Å². The molecule has 1 aliphatic rings. The number of nitrogens with zero attached hydrogens (tertiary/aromatic N) is 2. The fraction of sp³-hybridized carbons (Fsp3) is 0.375. The first-order valence-corrected chi connectivity index (χ1v) is 7.51. The van der Waals surface area contributed by atoms with Crippen molar-refractivity contribution in [1.82, 2.24) is 5.16 Å². The lowest BCUT2D eigenvalue weighted by molar-refractivity contribution is 0.0697. The van der Waals surface area contributed by atoms with Crippen LogP contribution in [-0.2, 0) is 0 Å². The SMILES string of the molecule is COc1cc(-c2onc(N3CCC(O)CC3)c2C(=O)O)ccc1F. The molecular weight excluding hydrogens is 319 g/mol. The number of aromatic carboxylic acids is 1. The van der Waals surface area contributed by atoms with E-state index in [2.05, 4.69) is 5.16 Å². The molecule has 1 aliphatic heterocycles. The smallest absolute Gasteiger partial charge is 0.343 e. The maximum atomic E-state index is 13.6. The number of hydrogen-bond donors (Lipinski definition) is 2. The van der Waals surface area contributed by atoms with Crippen LogP contribution in [0.4, 0.5) is 10.2 Å². The summed E-state index contributed by atoms with van der Waals surface area (Å²) in [6.45, 7) is 0.973. The number of aliphatic hydroxyl groups excluding tert-OH is 1. The minimum absolute atomic E-state index is 0.0112. The minimum Gasteiger partial charge on any atom is -0.494 e. The Hall–Kier alpha value is -2.61. The molecular formula is C16H17FN2O5. The Balaban J connectivity index is 2.02. The second-order valence-corrected chi connectivity index (χ2v) is 5.58. The van der Waals surface area contributed by atoms with Gasteiger partial charge in [-0.05, 0) is 31.0 Å². The number of rotatable bonds is 4. The van der Waals surface area contributed by atoms with Crippen molar-refractivity contribution in [2.45, 2.75) is 18.9 Å². The molecule has 0 aliphatic carbocycles. The van der Waals surface area contributed by atoms with Gasteiger partial charge in [-0.15, -0.1) is 0 Å². The maximum absolute atomic E-state index is 13.6. The monoisotopic (exact) mass is 336 g/mol. The standard InChI is InChI=1S/C16H17FN2O5/c1-23-12-8-9(2-3-11(12)17)14-13(16(21)22)15(18-24-14)19-6-4-10(20)5-7-19/h2-3,8,10,20H,4-7H2,1H3,(H,21,22). The number of halogens is 1. The molecule has 2 heterocycles. The number of aliphatic hydroxyl groups is 1. The molecule has 2 aromatic rings. The van der Waals surface area contributed by atoms with Crippen LogP contribution in [0.25, 0.3) is 11.3 Å². The number of piperidine rings is 1. The summed E-state index contributed by atoms with van der Waals surface area (Å²) >= 11 is 0. The number of benzene rings is 1. The molecule has 0 bridgehead atoms. The van der Waals surface area contributed by atoms with Crippen molar-refractivity contribution in [2.24, 2.45) is 0 Å². The van der Waals surface area contributed by atoms with Gasteiger partial charge >= 0.3 is 5.97 Å². The maximum Gasteiger partial charge on any atom is 0.343 e. The van der Waals surface area contributed by atoms with E-state index in [0.717, 1.165) is 0 Å². The predicted molar refractivity (Wildman–Crippen MR) is 82.9 cm³/mol. The van der Waals surface area contributed by atoms with Crippen molar-refractivity contribution in [2.75, 3.05) is 25.1 Å². The van der Waals surface area contributed by atoms with Crippen LogP contribution >= 0.6 is 0 Å². The fourth-order valence-electron chi connectivity index (χ4n) is 2.77. The number of carboxylic acid groups (broad SMARTS) is 1. The third-order valence-corrected chi connectivity index (χ3v) is 4.07. The summed E-state index contributed by atoms with van der Waals surface area (Å²) in [5.74, 6) is -1.49. The summed E-state index contributed by atoms with van der Waals surface area (Å²) < 4.78 is 23.7. The van der Waals surface area contributed by atoms with Crippen molar-refractivity contribution < 1.29 is 28.7 Å². The molecule has 2 N–H and O–H groups in total. The van der Waals surface area contributed by atoms with E-state index in [4.69, 9.17) is 9.26 Å². The van der Waals surface area contributed by atoms with Gasteiger partial charge in [0.05, 0.1) is 13.2 Å². The fourth-order valence-corrected chi connectivity index (χ4v) is 2.77. The van der Waals surface area contributed by atoms with Gasteiger partial charge in [0.1, 0.15) is 0 Å². The van der Waals surface area contributed by atoms with Crippen LogP contribution in [0.5, 0.6) is 5.75 Å². The average molecular weight is 336 g/mol. The van der Waals surface area contributed by atoms with Crippen LogP contribution in [0.15, 0.2) is 22.7 Å². The Morgan fingerprint density at radius 2 is 2.12 bits per heavy atom. The van der Waals surface area contributed by atoms with Crippen LogP contribution < -0.4 is 9.64 Å². The van der Waals surface area contributed by atoms with Crippen LogP contribution in [0, 0.1) is 5.82 Å². The molecule has 1 saturated heterocycles. The molecule has 7 nitrogen and oxygen atoms in total.